The minimum atomic E-state index is -4.77. The lowest BCUT2D eigenvalue weighted by Crippen LogP contribution is -2.32. The van der Waals surface area contributed by atoms with Crippen LogP contribution in [0.2, 0.25) is 0 Å². The van der Waals surface area contributed by atoms with E-state index in [4.69, 9.17) is 4.74 Å². The number of carbonyl (C=O) groups excluding carboxylic acids is 2. The molecule has 45 heavy (non-hydrogen) atoms. The van der Waals surface area contributed by atoms with Gasteiger partial charge >= 0.3 is 12.4 Å². The van der Waals surface area contributed by atoms with Crippen LogP contribution in [0.5, 0.6) is 11.5 Å². The highest BCUT2D eigenvalue weighted by atomic mass is 32.2. The molecule has 0 saturated carbocycles. The summed E-state index contributed by atoms with van der Waals surface area (Å²) in [7, 11) is 1.55. The number of ether oxygens (including phenoxy) is 2. The van der Waals surface area contributed by atoms with Gasteiger partial charge in [0.25, 0.3) is 5.24 Å². The molecule has 14 heteroatoms. The maximum Gasteiger partial charge on any atom is 0.573 e. The van der Waals surface area contributed by atoms with Crippen LogP contribution in [0.4, 0.5) is 28.4 Å². The summed E-state index contributed by atoms with van der Waals surface area (Å²) in [6, 6.07) is 17.7. The maximum absolute atomic E-state index is 12.8. The van der Waals surface area contributed by atoms with Crippen molar-refractivity contribution in [2.75, 3.05) is 24.3 Å². The van der Waals surface area contributed by atoms with Gasteiger partial charge in [0.05, 0.1) is 24.2 Å². The molecule has 0 spiro atoms. The highest BCUT2D eigenvalue weighted by Crippen LogP contribution is 2.36. The summed E-state index contributed by atoms with van der Waals surface area (Å²) >= 11 is 1.08. The highest BCUT2D eigenvalue weighted by molar-refractivity contribution is 8.15. The Labute approximate surface area is 261 Å². The van der Waals surface area contributed by atoms with Crippen LogP contribution in [0, 0.1) is 0 Å². The van der Waals surface area contributed by atoms with E-state index in [2.05, 4.69) is 25.1 Å². The monoisotopic (exact) mass is 638 g/mol. The standard InChI is InChI=1S/C31H29F3N6O4S/c1-19(2)25-12-11-24(43-3)16-26(25)40-27(17-45-30(40)42)37-29(41)35-14-13-20-5-4-6-21(15-20)28-36-18-39(38-28)22-7-9-23(10-8-22)44-31(32,33)34/h4-12,15-16,18-19H,13-14,17H2,1-3H3,(H,35,41)/b37-27+. The molecule has 5 rings (SSSR count). The molecule has 0 radical (unpaired) electrons. The molecule has 1 saturated heterocycles. The second-order valence-electron chi connectivity index (χ2n) is 10.2. The fraction of sp³-hybridized carbons (Fsp3) is 0.258. The van der Waals surface area contributed by atoms with E-state index in [0.29, 0.717) is 41.7 Å². The molecule has 3 aromatic carbocycles. The zero-order chi connectivity index (χ0) is 32.1. The number of thioether (sulfide) groups is 1. The normalized spacial score (nSPS) is 14.3. The van der Waals surface area contributed by atoms with Crippen LogP contribution in [0.1, 0.15) is 30.9 Å². The first-order valence-electron chi connectivity index (χ1n) is 13.9. The van der Waals surface area contributed by atoms with E-state index in [1.54, 1.807) is 13.2 Å². The van der Waals surface area contributed by atoms with E-state index in [9.17, 15) is 22.8 Å². The van der Waals surface area contributed by atoms with Crippen LogP contribution >= 0.6 is 11.8 Å². The van der Waals surface area contributed by atoms with Gasteiger partial charge in [-0.05, 0) is 59.9 Å². The molecular formula is C31H29F3N6O4S. The fourth-order valence-corrected chi connectivity index (χ4v) is 5.45. The van der Waals surface area contributed by atoms with Crippen LogP contribution in [0.25, 0.3) is 17.1 Å². The lowest BCUT2D eigenvalue weighted by atomic mass is 10.00. The summed E-state index contributed by atoms with van der Waals surface area (Å²) in [5.41, 5.74) is 3.73. The molecule has 2 heterocycles. The van der Waals surface area contributed by atoms with Crippen LogP contribution in [-0.2, 0) is 6.42 Å². The second kappa shape index (κ2) is 13.4. The van der Waals surface area contributed by atoms with Crippen molar-refractivity contribution in [3.8, 4) is 28.6 Å². The number of benzene rings is 3. The lowest BCUT2D eigenvalue weighted by Gasteiger charge is -2.22. The van der Waals surface area contributed by atoms with Crippen LogP contribution in [0.15, 0.2) is 78.0 Å². The summed E-state index contributed by atoms with van der Waals surface area (Å²) in [6.45, 7) is 4.35. The number of halogens is 3. The summed E-state index contributed by atoms with van der Waals surface area (Å²) in [5.74, 6) is 1.44. The van der Waals surface area contributed by atoms with Gasteiger partial charge in [-0.15, -0.1) is 18.3 Å². The summed E-state index contributed by atoms with van der Waals surface area (Å²) < 4.78 is 48.0. The molecule has 0 aliphatic carbocycles. The van der Waals surface area contributed by atoms with Crippen molar-refractivity contribution >= 4 is 34.6 Å². The molecule has 0 bridgehead atoms. The van der Waals surface area contributed by atoms with Gasteiger partial charge in [-0.2, -0.15) is 4.99 Å². The molecule has 1 aliphatic rings. The Bertz CT molecular complexity index is 1720. The average Bonchev–Trinajstić information content (AvgIpc) is 3.63. The Kier molecular flexibility index (Phi) is 9.42. The van der Waals surface area contributed by atoms with E-state index >= 15 is 0 Å². The van der Waals surface area contributed by atoms with Crippen molar-refractivity contribution in [2.45, 2.75) is 32.5 Å². The number of nitrogens with zero attached hydrogens (tertiary/aromatic N) is 5. The maximum atomic E-state index is 12.8. The Morgan fingerprint density at radius 3 is 2.56 bits per heavy atom. The van der Waals surface area contributed by atoms with Gasteiger partial charge in [0.15, 0.2) is 5.82 Å². The number of amidine groups is 1. The number of hydrogen-bond acceptors (Lipinski definition) is 7. The third-order valence-electron chi connectivity index (χ3n) is 6.80. The first kappa shape index (κ1) is 31.6. The number of aromatic nitrogens is 3. The van der Waals surface area contributed by atoms with E-state index < -0.39 is 12.4 Å². The van der Waals surface area contributed by atoms with Crippen molar-refractivity contribution in [1.82, 2.24) is 20.1 Å². The van der Waals surface area contributed by atoms with Gasteiger partial charge in [0, 0.05) is 18.2 Å². The Morgan fingerprint density at radius 1 is 1.09 bits per heavy atom. The van der Waals surface area contributed by atoms with E-state index in [0.717, 1.165) is 28.5 Å². The molecule has 4 aromatic rings. The zero-order valence-corrected chi connectivity index (χ0v) is 25.4. The average molecular weight is 639 g/mol. The van der Waals surface area contributed by atoms with Gasteiger partial charge in [0.2, 0.25) is 0 Å². The summed E-state index contributed by atoms with van der Waals surface area (Å²) in [6.07, 6.45) is -2.81. The van der Waals surface area contributed by atoms with Crippen molar-refractivity contribution in [1.29, 1.82) is 0 Å². The number of alkyl halides is 3. The first-order chi connectivity index (χ1) is 21.5. The van der Waals surface area contributed by atoms with E-state index in [-0.39, 0.29) is 22.7 Å². The molecule has 1 aliphatic heterocycles. The van der Waals surface area contributed by atoms with Gasteiger partial charge in [-0.3, -0.25) is 9.69 Å². The minimum absolute atomic E-state index is 0.132. The number of hydrogen-bond donors (Lipinski definition) is 1. The molecule has 1 fully saturated rings. The highest BCUT2D eigenvalue weighted by Gasteiger charge is 2.33. The number of carbonyl (C=O) groups is 2. The van der Waals surface area contributed by atoms with Crippen molar-refractivity contribution in [3.63, 3.8) is 0 Å². The fourth-order valence-electron chi connectivity index (χ4n) is 4.67. The molecule has 234 valence electrons. The molecule has 10 nitrogen and oxygen atoms in total. The van der Waals surface area contributed by atoms with E-state index in [1.165, 1.54) is 40.2 Å². The molecule has 1 N–H and O–H groups in total. The van der Waals surface area contributed by atoms with Gasteiger partial charge in [-0.1, -0.05) is 49.9 Å². The number of amides is 3. The minimum Gasteiger partial charge on any atom is -0.497 e. The number of nitrogens with one attached hydrogen (secondary N) is 1. The SMILES string of the molecule is COc1ccc(C(C)C)c(N2C(=O)SC/C2=N\C(=O)NCCc2cccc(-c3ncn(-c4ccc(OC(F)(F)F)cc4)n3)c2)c1. The van der Waals surface area contributed by atoms with Crippen molar-refractivity contribution in [3.05, 3.63) is 84.2 Å². The predicted molar refractivity (Wildman–Crippen MR) is 165 cm³/mol. The first-order valence-corrected chi connectivity index (χ1v) is 14.9. The van der Waals surface area contributed by atoms with Gasteiger partial charge in [0.1, 0.15) is 23.7 Å². The molecule has 0 atom stereocenters. The predicted octanol–water partition coefficient (Wildman–Crippen LogP) is 6.99. The van der Waals surface area contributed by atoms with Crippen LogP contribution in [-0.4, -0.2) is 57.6 Å². The topological polar surface area (TPSA) is 111 Å². The Balaban J connectivity index is 1.22. The summed E-state index contributed by atoms with van der Waals surface area (Å²) in [4.78, 5) is 35.6. The molecule has 0 unspecified atom stereocenters. The quantitative estimate of drug-likeness (QED) is 0.210. The summed E-state index contributed by atoms with van der Waals surface area (Å²) in [5, 5.41) is 7.02. The van der Waals surface area contributed by atoms with Crippen molar-refractivity contribution in [2.24, 2.45) is 4.99 Å². The molecule has 1 aromatic heterocycles. The number of anilines is 1. The Morgan fingerprint density at radius 2 is 1.84 bits per heavy atom. The van der Waals surface area contributed by atoms with Gasteiger partial charge in [-0.25, -0.2) is 14.5 Å². The number of aliphatic imine (C=N–C) groups is 1. The smallest absolute Gasteiger partial charge is 0.497 e. The number of methoxy groups -OCH3 is 1. The van der Waals surface area contributed by atoms with Crippen molar-refractivity contribution < 1.29 is 32.2 Å². The second-order valence-corrected chi connectivity index (χ2v) is 11.2. The zero-order valence-electron chi connectivity index (χ0n) is 24.5. The van der Waals surface area contributed by atoms with Crippen LogP contribution in [0.3, 0.4) is 0 Å². The number of rotatable bonds is 9. The molecular weight excluding hydrogens is 609 g/mol. The van der Waals surface area contributed by atoms with E-state index in [1.807, 2.05) is 50.2 Å². The Hall–Kier alpha value is -4.85. The number of urea groups is 1. The third-order valence-corrected chi connectivity index (χ3v) is 7.63. The third kappa shape index (κ3) is 7.81. The lowest BCUT2D eigenvalue weighted by molar-refractivity contribution is -0.274. The van der Waals surface area contributed by atoms with Crippen LogP contribution < -0.4 is 19.7 Å². The largest absolute Gasteiger partial charge is 0.573 e. The molecule has 3 amide bonds. The van der Waals surface area contributed by atoms with Gasteiger partial charge < -0.3 is 14.8 Å².